The van der Waals surface area contributed by atoms with Crippen LogP contribution in [-0.4, -0.2) is 36.0 Å². The van der Waals surface area contributed by atoms with Crippen LogP contribution < -0.4 is 5.32 Å². The molecule has 0 unspecified atom stereocenters. The number of ether oxygens (including phenoxy) is 1. The summed E-state index contributed by atoms with van der Waals surface area (Å²) in [5.41, 5.74) is 1.81. The van der Waals surface area contributed by atoms with Gasteiger partial charge in [-0.1, -0.05) is 67.6 Å². The molecule has 5 nitrogen and oxygen atoms in total. The normalized spacial score (nSPS) is 11.9. The first-order valence-electron chi connectivity index (χ1n) is 10.8. The van der Waals surface area contributed by atoms with Gasteiger partial charge in [-0.15, -0.1) is 0 Å². The predicted octanol–water partition coefficient (Wildman–Crippen LogP) is 4.49. The van der Waals surface area contributed by atoms with E-state index in [-0.39, 0.29) is 17.9 Å². The molecular formula is C25H34N2O3. The van der Waals surface area contributed by atoms with Crippen LogP contribution in [0.25, 0.3) is 0 Å². The highest BCUT2D eigenvalue weighted by Gasteiger charge is 2.30. The molecule has 2 aromatic carbocycles. The van der Waals surface area contributed by atoms with E-state index in [2.05, 4.69) is 5.32 Å². The number of rotatable bonds is 12. The summed E-state index contributed by atoms with van der Waals surface area (Å²) >= 11 is 0. The van der Waals surface area contributed by atoms with Gasteiger partial charge >= 0.3 is 0 Å². The van der Waals surface area contributed by atoms with E-state index in [4.69, 9.17) is 4.74 Å². The molecule has 2 aromatic rings. The monoisotopic (exact) mass is 410 g/mol. The van der Waals surface area contributed by atoms with Crippen LogP contribution in [0.5, 0.6) is 0 Å². The van der Waals surface area contributed by atoms with E-state index in [9.17, 15) is 9.59 Å². The second kappa shape index (κ2) is 12.8. The van der Waals surface area contributed by atoms with Crippen LogP contribution in [0, 0.1) is 0 Å². The average molecular weight is 411 g/mol. The number of hydrogen-bond donors (Lipinski definition) is 1. The molecule has 0 bridgehead atoms. The number of carbonyl (C=O) groups is 2. The van der Waals surface area contributed by atoms with Crippen LogP contribution in [0.4, 0.5) is 0 Å². The second-order valence-corrected chi connectivity index (χ2v) is 7.63. The van der Waals surface area contributed by atoms with Crippen molar-refractivity contribution in [3.63, 3.8) is 0 Å². The number of amides is 2. The van der Waals surface area contributed by atoms with Crippen LogP contribution in [0.2, 0.25) is 0 Å². The highest BCUT2D eigenvalue weighted by atomic mass is 16.5. The molecular weight excluding hydrogens is 376 g/mol. The van der Waals surface area contributed by atoms with Crippen LogP contribution >= 0.6 is 0 Å². The Kier molecular flexibility index (Phi) is 10.1. The van der Waals surface area contributed by atoms with Crippen molar-refractivity contribution in [3.8, 4) is 0 Å². The molecule has 30 heavy (non-hydrogen) atoms. The van der Waals surface area contributed by atoms with E-state index in [0.717, 1.165) is 24.0 Å². The molecule has 0 aliphatic carbocycles. The van der Waals surface area contributed by atoms with Gasteiger partial charge in [0, 0.05) is 26.1 Å². The van der Waals surface area contributed by atoms with Gasteiger partial charge in [0.05, 0.1) is 6.10 Å². The van der Waals surface area contributed by atoms with Gasteiger partial charge in [-0.25, -0.2) is 0 Å². The van der Waals surface area contributed by atoms with Crippen molar-refractivity contribution >= 4 is 11.8 Å². The van der Waals surface area contributed by atoms with Crippen LogP contribution in [0.15, 0.2) is 60.7 Å². The van der Waals surface area contributed by atoms with Gasteiger partial charge in [0.15, 0.2) is 0 Å². The Morgan fingerprint density at radius 3 is 2.23 bits per heavy atom. The predicted molar refractivity (Wildman–Crippen MR) is 120 cm³/mol. The summed E-state index contributed by atoms with van der Waals surface area (Å²) in [6.45, 7) is 7.45. The van der Waals surface area contributed by atoms with Gasteiger partial charge < -0.3 is 15.0 Å². The van der Waals surface area contributed by atoms with E-state index in [0.29, 0.717) is 26.1 Å². The van der Waals surface area contributed by atoms with Crippen molar-refractivity contribution in [2.45, 2.75) is 58.7 Å². The maximum Gasteiger partial charge on any atom is 0.247 e. The Hall–Kier alpha value is -2.66. The first-order valence-corrected chi connectivity index (χ1v) is 10.8. The fourth-order valence-corrected chi connectivity index (χ4v) is 3.27. The van der Waals surface area contributed by atoms with Crippen molar-refractivity contribution in [2.75, 3.05) is 13.2 Å². The van der Waals surface area contributed by atoms with E-state index in [1.54, 1.807) is 4.90 Å². The third-order valence-corrected chi connectivity index (χ3v) is 4.73. The van der Waals surface area contributed by atoms with Gasteiger partial charge in [-0.05, 0) is 37.8 Å². The van der Waals surface area contributed by atoms with E-state index in [1.165, 1.54) is 0 Å². The smallest absolute Gasteiger partial charge is 0.247 e. The van der Waals surface area contributed by atoms with Gasteiger partial charge in [0.1, 0.15) is 6.04 Å². The molecule has 0 saturated heterocycles. The molecule has 0 aliphatic rings. The number of nitrogens with zero attached hydrogens (tertiary/aromatic N) is 1. The molecule has 5 heteroatoms. The van der Waals surface area contributed by atoms with Crippen molar-refractivity contribution in [2.24, 2.45) is 0 Å². The molecule has 0 saturated carbocycles. The third-order valence-electron chi connectivity index (χ3n) is 4.73. The Balaban J connectivity index is 2.22. The second-order valence-electron chi connectivity index (χ2n) is 7.63. The maximum atomic E-state index is 13.2. The molecule has 1 atom stereocenters. The lowest BCUT2D eigenvalue weighted by atomic mass is 10.0. The molecule has 162 valence electrons. The van der Waals surface area contributed by atoms with E-state index in [1.807, 2.05) is 81.4 Å². The summed E-state index contributed by atoms with van der Waals surface area (Å²) < 4.78 is 5.55. The number of carbonyl (C=O) groups excluding carboxylic acids is 2. The standard InChI is InChI=1S/C25H34N2O3/c1-4-12-23(28)27(19-21-13-7-5-8-14-21)24(22-15-9-6-10-16-22)25(29)26-17-11-18-30-20(2)3/h5-10,13-16,20,24H,4,11-12,17-19H2,1-3H3,(H,26,29)/t24-/m0/s1. The summed E-state index contributed by atoms with van der Waals surface area (Å²) in [7, 11) is 0. The Morgan fingerprint density at radius 2 is 1.63 bits per heavy atom. The maximum absolute atomic E-state index is 13.2. The van der Waals surface area contributed by atoms with E-state index >= 15 is 0 Å². The van der Waals surface area contributed by atoms with Gasteiger partial charge in [-0.2, -0.15) is 0 Å². The zero-order valence-electron chi connectivity index (χ0n) is 18.3. The van der Waals surface area contributed by atoms with Crippen molar-refractivity contribution in [1.82, 2.24) is 10.2 Å². The zero-order chi connectivity index (χ0) is 21.8. The van der Waals surface area contributed by atoms with Crippen LogP contribution in [-0.2, 0) is 20.9 Å². The highest BCUT2D eigenvalue weighted by Crippen LogP contribution is 2.25. The summed E-state index contributed by atoms with van der Waals surface area (Å²) in [5, 5.41) is 3.01. The Bertz CT molecular complexity index is 762. The highest BCUT2D eigenvalue weighted by molar-refractivity contribution is 5.88. The minimum absolute atomic E-state index is 0.0199. The SMILES string of the molecule is CCCC(=O)N(Cc1ccccc1)[C@H](C(=O)NCCCOC(C)C)c1ccccc1. The molecule has 1 N–H and O–H groups in total. The average Bonchev–Trinajstić information content (AvgIpc) is 2.74. The number of nitrogens with one attached hydrogen (secondary N) is 1. The summed E-state index contributed by atoms with van der Waals surface area (Å²) in [6, 6.07) is 18.7. The molecule has 0 spiro atoms. The lowest BCUT2D eigenvalue weighted by molar-refractivity contribution is -0.141. The van der Waals surface area contributed by atoms with Crippen LogP contribution in [0.3, 0.4) is 0 Å². The number of benzene rings is 2. The minimum atomic E-state index is -0.670. The fourth-order valence-electron chi connectivity index (χ4n) is 3.27. The summed E-state index contributed by atoms with van der Waals surface area (Å²) in [4.78, 5) is 28.0. The lowest BCUT2D eigenvalue weighted by Crippen LogP contribution is -2.43. The largest absolute Gasteiger partial charge is 0.379 e. The molecule has 0 aromatic heterocycles. The topological polar surface area (TPSA) is 58.6 Å². The van der Waals surface area contributed by atoms with Gasteiger partial charge in [-0.3, -0.25) is 9.59 Å². The summed E-state index contributed by atoms with van der Waals surface area (Å²) in [6.07, 6.45) is 2.05. The van der Waals surface area contributed by atoms with Crippen LogP contribution in [0.1, 0.15) is 57.2 Å². The molecule has 0 aliphatic heterocycles. The third kappa shape index (κ3) is 7.64. The van der Waals surface area contributed by atoms with E-state index < -0.39 is 6.04 Å². The van der Waals surface area contributed by atoms with Crippen molar-refractivity contribution in [1.29, 1.82) is 0 Å². The van der Waals surface area contributed by atoms with Crippen molar-refractivity contribution in [3.05, 3.63) is 71.8 Å². The van der Waals surface area contributed by atoms with Gasteiger partial charge in [0.2, 0.25) is 11.8 Å². The first-order chi connectivity index (χ1) is 14.5. The lowest BCUT2D eigenvalue weighted by Gasteiger charge is -2.31. The first kappa shape index (κ1) is 23.6. The molecule has 2 amide bonds. The summed E-state index contributed by atoms with van der Waals surface area (Å²) in [5.74, 6) is -0.181. The molecule has 0 heterocycles. The molecule has 2 rings (SSSR count). The Labute approximate surface area is 180 Å². The van der Waals surface area contributed by atoms with Gasteiger partial charge in [0.25, 0.3) is 0 Å². The molecule has 0 radical (unpaired) electrons. The zero-order valence-corrected chi connectivity index (χ0v) is 18.3. The molecule has 0 fully saturated rings. The quantitative estimate of drug-likeness (QED) is 0.525. The fraction of sp³-hybridized carbons (Fsp3) is 0.440. The van der Waals surface area contributed by atoms with Crippen molar-refractivity contribution < 1.29 is 14.3 Å². The number of hydrogen-bond acceptors (Lipinski definition) is 3. The Morgan fingerprint density at radius 1 is 1.00 bits per heavy atom. The minimum Gasteiger partial charge on any atom is -0.379 e.